The van der Waals surface area contributed by atoms with E-state index < -0.39 is 0 Å². The Morgan fingerprint density at radius 1 is 1.00 bits per heavy atom. The lowest BCUT2D eigenvalue weighted by Gasteiger charge is -2.14. The lowest BCUT2D eigenvalue weighted by atomic mass is 10.0. The van der Waals surface area contributed by atoms with Crippen molar-refractivity contribution >= 4 is 16.6 Å². The fourth-order valence-electron chi connectivity index (χ4n) is 2.81. The maximum atomic E-state index is 5.54. The van der Waals surface area contributed by atoms with E-state index in [-0.39, 0.29) is 0 Å². The van der Waals surface area contributed by atoms with Gasteiger partial charge in [0.2, 0.25) is 0 Å². The Balaban J connectivity index is 1.73. The minimum absolute atomic E-state index is 0.750. The van der Waals surface area contributed by atoms with Crippen molar-refractivity contribution in [2.45, 2.75) is 13.1 Å². The van der Waals surface area contributed by atoms with Crippen molar-refractivity contribution in [1.82, 2.24) is 10.3 Å². The first-order valence-electron chi connectivity index (χ1n) is 8.06. The summed E-state index contributed by atoms with van der Waals surface area (Å²) >= 11 is 0. The quantitative estimate of drug-likeness (QED) is 0.753. The van der Waals surface area contributed by atoms with Crippen LogP contribution in [0.5, 0.6) is 5.75 Å². The lowest BCUT2D eigenvalue weighted by Crippen LogP contribution is -2.15. The summed E-state index contributed by atoms with van der Waals surface area (Å²) in [6.45, 7) is 1.52. The third-order valence-corrected chi connectivity index (χ3v) is 4.12. The molecule has 0 aliphatic rings. The summed E-state index contributed by atoms with van der Waals surface area (Å²) in [5, 5.41) is 5.96. The van der Waals surface area contributed by atoms with Crippen molar-refractivity contribution in [3.63, 3.8) is 0 Å². The molecular formula is C20H23N3O. The van der Waals surface area contributed by atoms with Gasteiger partial charge in [0.1, 0.15) is 11.6 Å². The van der Waals surface area contributed by atoms with E-state index in [0.717, 1.165) is 24.7 Å². The van der Waals surface area contributed by atoms with Gasteiger partial charge < -0.3 is 15.0 Å². The molecule has 0 saturated carbocycles. The zero-order valence-corrected chi connectivity index (χ0v) is 14.4. The molecule has 4 heteroatoms. The highest BCUT2D eigenvalue weighted by Crippen LogP contribution is 2.27. The number of pyridine rings is 1. The summed E-state index contributed by atoms with van der Waals surface area (Å²) in [5.74, 6) is 1.89. The molecule has 0 fully saturated rings. The van der Waals surface area contributed by atoms with Crippen LogP contribution in [0.2, 0.25) is 0 Å². The molecular weight excluding hydrogens is 298 g/mol. The molecule has 1 aromatic heterocycles. The van der Waals surface area contributed by atoms with Gasteiger partial charge in [0.15, 0.2) is 0 Å². The molecule has 124 valence electrons. The average molecular weight is 321 g/mol. The van der Waals surface area contributed by atoms with Crippen molar-refractivity contribution in [2.75, 3.05) is 26.1 Å². The molecule has 0 aliphatic heterocycles. The van der Waals surface area contributed by atoms with Crippen LogP contribution in [0, 0.1) is 0 Å². The summed E-state index contributed by atoms with van der Waals surface area (Å²) < 4.78 is 5.54. The maximum absolute atomic E-state index is 5.54. The molecule has 0 atom stereocenters. The van der Waals surface area contributed by atoms with Crippen molar-refractivity contribution in [1.29, 1.82) is 0 Å². The van der Waals surface area contributed by atoms with Crippen LogP contribution < -0.4 is 15.0 Å². The number of anilines is 1. The van der Waals surface area contributed by atoms with E-state index >= 15 is 0 Å². The van der Waals surface area contributed by atoms with E-state index in [4.69, 9.17) is 4.74 Å². The molecule has 0 bridgehead atoms. The number of nitrogens with one attached hydrogen (secondary N) is 1. The number of aromatic nitrogens is 1. The van der Waals surface area contributed by atoms with Gasteiger partial charge in [-0.05, 0) is 28.5 Å². The molecule has 0 saturated heterocycles. The molecule has 2 aromatic carbocycles. The molecule has 0 unspecified atom stereocenters. The summed E-state index contributed by atoms with van der Waals surface area (Å²) in [4.78, 5) is 6.45. The number of hydrogen-bond donors (Lipinski definition) is 1. The van der Waals surface area contributed by atoms with Gasteiger partial charge in [-0.2, -0.15) is 0 Å². The van der Waals surface area contributed by atoms with Gasteiger partial charge >= 0.3 is 0 Å². The van der Waals surface area contributed by atoms with Gasteiger partial charge in [0.05, 0.1) is 7.11 Å². The SMILES string of the molecule is COc1ccc2ccccc2c1CNCc1ccc(N(C)C)nc1. The van der Waals surface area contributed by atoms with Crippen LogP contribution in [0.3, 0.4) is 0 Å². The first-order chi connectivity index (χ1) is 11.7. The summed E-state index contributed by atoms with van der Waals surface area (Å²) in [6.07, 6.45) is 1.92. The number of fused-ring (bicyclic) bond motifs is 1. The summed E-state index contributed by atoms with van der Waals surface area (Å²) in [6, 6.07) is 16.7. The van der Waals surface area contributed by atoms with Crippen LogP contribution in [-0.4, -0.2) is 26.2 Å². The molecule has 1 N–H and O–H groups in total. The van der Waals surface area contributed by atoms with Crippen molar-refractivity contribution in [3.05, 3.63) is 65.9 Å². The first-order valence-corrected chi connectivity index (χ1v) is 8.06. The van der Waals surface area contributed by atoms with E-state index in [0.29, 0.717) is 0 Å². The van der Waals surface area contributed by atoms with Crippen LogP contribution in [0.25, 0.3) is 10.8 Å². The molecule has 3 aromatic rings. The molecule has 3 rings (SSSR count). The van der Waals surface area contributed by atoms with Crippen LogP contribution in [0.1, 0.15) is 11.1 Å². The Morgan fingerprint density at radius 2 is 1.83 bits per heavy atom. The Kier molecular flexibility index (Phi) is 4.96. The maximum Gasteiger partial charge on any atom is 0.127 e. The monoisotopic (exact) mass is 321 g/mol. The number of rotatable bonds is 6. The van der Waals surface area contributed by atoms with Gasteiger partial charge in [-0.1, -0.05) is 36.4 Å². The minimum Gasteiger partial charge on any atom is -0.496 e. The van der Waals surface area contributed by atoms with Crippen molar-refractivity contribution in [3.8, 4) is 5.75 Å². The van der Waals surface area contributed by atoms with Crippen LogP contribution in [-0.2, 0) is 13.1 Å². The lowest BCUT2D eigenvalue weighted by molar-refractivity contribution is 0.408. The van der Waals surface area contributed by atoms with Crippen LogP contribution >= 0.6 is 0 Å². The average Bonchev–Trinajstić information content (AvgIpc) is 2.62. The number of hydrogen-bond acceptors (Lipinski definition) is 4. The Bertz CT molecular complexity index is 813. The molecule has 0 aliphatic carbocycles. The highest BCUT2D eigenvalue weighted by molar-refractivity contribution is 5.87. The third kappa shape index (κ3) is 3.49. The zero-order valence-electron chi connectivity index (χ0n) is 14.4. The van der Waals surface area contributed by atoms with E-state index in [1.165, 1.54) is 21.9 Å². The van der Waals surface area contributed by atoms with E-state index in [2.05, 4.69) is 46.7 Å². The Hall–Kier alpha value is -2.59. The predicted octanol–water partition coefficient (Wildman–Crippen LogP) is 3.60. The Morgan fingerprint density at radius 3 is 2.54 bits per heavy atom. The Labute approximate surface area is 143 Å². The van der Waals surface area contributed by atoms with Gasteiger partial charge in [-0.15, -0.1) is 0 Å². The number of methoxy groups -OCH3 is 1. The third-order valence-electron chi connectivity index (χ3n) is 4.12. The second-order valence-corrected chi connectivity index (χ2v) is 5.99. The molecule has 0 radical (unpaired) electrons. The number of ether oxygens (including phenoxy) is 1. The van der Waals surface area contributed by atoms with Gasteiger partial charge in [0, 0.05) is 38.9 Å². The van der Waals surface area contributed by atoms with E-state index in [1.807, 2.05) is 37.3 Å². The van der Waals surface area contributed by atoms with E-state index in [9.17, 15) is 0 Å². The highest BCUT2D eigenvalue weighted by atomic mass is 16.5. The standard InChI is InChI=1S/C20H23N3O/c1-23(2)20-11-8-15(13-22-20)12-21-14-18-17-7-5-4-6-16(17)9-10-19(18)24-3/h4-11,13,21H,12,14H2,1-3H3. The largest absolute Gasteiger partial charge is 0.496 e. The van der Waals surface area contributed by atoms with Crippen molar-refractivity contribution < 1.29 is 4.74 Å². The molecule has 1 heterocycles. The normalized spacial score (nSPS) is 10.8. The predicted molar refractivity (Wildman–Crippen MR) is 99.6 cm³/mol. The van der Waals surface area contributed by atoms with Gasteiger partial charge in [-0.3, -0.25) is 0 Å². The minimum atomic E-state index is 0.750. The second kappa shape index (κ2) is 7.32. The molecule has 0 spiro atoms. The molecule has 4 nitrogen and oxygen atoms in total. The summed E-state index contributed by atoms with van der Waals surface area (Å²) in [7, 11) is 5.71. The van der Waals surface area contributed by atoms with Crippen LogP contribution in [0.15, 0.2) is 54.7 Å². The van der Waals surface area contributed by atoms with Gasteiger partial charge in [-0.25, -0.2) is 4.98 Å². The van der Waals surface area contributed by atoms with Crippen molar-refractivity contribution in [2.24, 2.45) is 0 Å². The smallest absolute Gasteiger partial charge is 0.127 e. The van der Waals surface area contributed by atoms with E-state index in [1.54, 1.807) is 7.11 Å². The van der Waals surface area contributed by atoms with Crippen LogP contribution in [0.4, 0.5) is 5.82 Å². The molecule has 24 heavy (non-hydrogen) atoms. The number of nitrogens with zero attached hydrogens (tertiary/aromatic N) is 2. The number of benzene rings is 2. The first kappa shape index (κ1) is 16.3. The zero-order chi connectivity index (χ0) is 16.9. The molecule has 0 amide bonds. The highest BCUT2D eigenvalue weighted by Gasteiger charge is 2.08. The fourth-order valence-corrected chi connectivity index (χ4v) is 2.81. The summed E-state index contributed by atoms with van der Waals surface area (Å²) in [5.41, 5.74) is 2.35. The second-order valence-electron chi connectivity index (χ2n) is 5.99. The topological polar surface area (TPSA) is 37.4 Å². The van der Waals surface area contributed by atoms with Gasteiger partial charge in [0.25, 0.3) is 0 Å². The fraction of sp³-hybridized carbons (Fsp3) is 0.250.